The highest BCUT2D eigenvalue weighted by atomic mass is 31.2. The summed E-state index contributed by atoms with van der Waals surface area (Å²) in [4.78, 5) is 72.6. The Hall–Kier alpha value is -1.94. The van der Waals surface area contributed by atoms with Crippen molar-refractivity contribution in [3.05, 3.63) is 0 Å². The van der Waals surface area contributed by atoms with Crippen LogP contribution in [0, 0.1) is 5.92 Å². The minimum Gasteiger partial charge on any atom is -0.462 e. The molecule has 0 saturated heterocycles. The number of phosphoric ester groups is 2. The molecule has 3 N–H and O–H groups in total. The molecule has 91 heavy (non-hydrogen) atoms. The molecule has 17 nitrogen and oxygen atoms in total. The molecule has 0 aromatic rings. The van der Waals surface area contributed by atoms with Gasteiger partial charge in [-0.05, 0) is 31.6 Å². The molecule has 0 fully saturated rings. The topological polar surface area (TPSA) is 237 Å². The van der Waals surface area contributed by atoms with E-state index in [0.29, 0.717) is 25.7 Å². The summed E-state index contributed by atoms with van der Waals surface area (Å²) in [6.45, 7) is 7.20. The van der Waals surface area contributed by atoms with Crippen molar-refractivity contribution in [1.29, 1.82) is 0 Å². The van der Waals surface area contributed by atoms with Crippen molar-refractivity contribution in [1.82, 2.24) is 0 Å². The lowest BCUT2D eigenvalue weighted by molar-refractivity contribution is -0.161. The molecule has 6 atom stereocenters. The molecular formula is C72H140O17P2. The lowest BCUT2D eigenvalue weighted by atomic mass is 10.00. The summed E-state index contributed by atoms with van der Waals surface area (Å²) < 4.78 is 68.3. The van der Waals surface area contributed by atoms with E-state index >= 15 is 0 Å². The van der Waals surface area contributed by atoms with Gasteiger partial charge in [0.25, 0.3) is 0 Å². The number of unbranched alkanes of at least 4 members (excludes halogenated alkanes) is 43. The van der Waals surface area contributed by atoms with Crippen LogP contribution in [-0.2, 0) is 65.4 Å². The van der Waals surface area contributed by atoms with Crippen LogP contribution in [0.5, 0.6) is 0 Å². The van der Waals surface area contributed by atoms with Crippen LogP contribution in [0.2, 0.25) is 0 Å². The Kier molecular flexibility index (Phi) is 64.0. The minimum absolute atomic E-state index is 0.103. The van der Waals surface area contributed by atoms with E-state index in [9.17, 15) is 43.2 Å². The predicted molar refractivity (Wildman–Crippen MR) is 368 cm³/mol. The van der Waals surface area contributed by atoms with Crippen LogP contribution in [0.15, 0.2) is 0 Å². The maximum absolute atomic E-state index is 13.0. The molecule has 19 heteroatoms. The van der Waals surface area contributed by atoms with Gasteiger partial charge in [0.05, 0.1) is 26.4 Å². The first kappa shape index (κ1) is 89.1. The molecule has 0 aromatic carbocycles. The zero-order valence-corrected chi connectivity index (χ0v) is 60.8. The van der Waals surface area contributed by atoms with Gasteiger partial charge in [0.2, 0.25) is 0 Å². The molecular weight excluding hydrogens is 1200 g/mol. The summed E-state index contributed by atoms with van der Waals surface area (Å²) in [7, 11) is -9.90. The highest BCUT2D eigenvalue weighted by molar-refractivity contribution is 7.47. The molecule has 0 aliphatic heterocycles. The number of esters is 4. The van der Waals surface area contributed by atoms with Crippen molar-refractivity contribution in [2.45, 2.75) is 393 Å². The van der Waals surface area contributed by atoms with E-state index in [4.69, 9.17) is 37.0 Å². The molecule has 0 rings (SSSR count). The molecule has 0 saturated carbocycles. The van der Waals surface area contributed by atoms with Gasteiger partial charge >= 0.3 is 39.5 Å². The smallest absolute Gasteiger partial charge is 0.462 e. The predicted octanol–water partition coefficient (Wildman–Crippen LogP) is 20.9. The van der Waals surface area contributed by atoms with Crippen molar-refractivity contribution >= 4 is 39.5 Å². The van der Waals surface area contributed by atoms with E-state index in [0.717, 1.165) is 95.8 Å². The van der Waals surface area contributed by atoms with Crippen LogP contribution in [0.3, 0.4) is 0 Å². The second-order valence-corrected chi connectivity index (χ2v) is 29.1. The number of carbonyl (C=O) groups excluding carboxylic acids is 4. The first-order valence-corrected chi connectivity index (χ1v) is 40.7. The first-order chi connectivity index (χ1) is 44.1. The van der Waals surface area contributed by atoms with Crippen LogP contribution in [-0.4, -0.2) is 96.7 Å². The number of aliphatic hydroxyl groups excluding tert-OH is 1. The van der Waals surface area contributed by atoms with Crippen LogP contribution in [0.4, 0.5) is 0 Å². The third-order valence-corrected chi connectivity index (χ3v) is 19.0. The van der Waals surface area contributed by atoms with Crippen molar-refractivity contribution in [2.75, 3.05) is 39.6 Å². The van der Waals surface area contributed by atoms with Gasteiger partial charge in [-0.1, -0.05) is 324 Å². The van der Waals surface area contributed by atoms with Gasteiger partial charge in [0.1, 0.15) is 19.3 Å². The van der Waals surface area contributed by atoms with Crippen molar-refractivity contribution in [3.63, 3.8) is 0 Å². The zero-order chi connectivity index (χ0) is 67.0. The Morgan fingerprint density at radius 3 is 0.780 bits per heavy atom. The fourth-order valence-corrected chi connectivity index (χ4v) is 12.5. The van der Waals surface area contributed by atoms with Crippen molar-refractivity contribution < 1.29 is 80.2 Å². The quantitative estimate of drug-likeness (QED) is 0.0222. The van der Waals surface area contributed by atoms with Gasteiger partial charge in [-0.3, -0.25) is 37.3 Å². The summed E-state index contributed by atoms with van der Waals surface area (Å²) in [5, 5.41) is 10.6. The fourth-order valence-electron chi connectivity index (χ4n) is 11.0. The summed E-state index contributed by atoms with van der Waals surface area (Å²) >= 11 is 0. The third kappa shape index (κ3) is 65.1. The number of hydrogen-bond donors (Lipinski definition) is 3. The fraction of sp³-hybridized carbons (Fsp3) is 0.944. The second-order valence-electron chi connectivity index (χ2n) is 26.2. The average Bonchev–Trinajstić information content (AvgIpc) is 3.45. The molecule has 0 radical (unpaired) electrons. The summed E-state index contributed by atoms with van der Waals surface area (Å²) in [6.07, 6.45) is 52.8. The minimum atomic E-state index is -4.95. The first-order valence-electron chi connectivity index (χ1n) is 37.7. The number of carbonyl (C=O) groups is 4. The molecule has 0 spiro atoms. The van der Waals surface area contributed by atoms with E-state index in [2.05, 4.69) is 34.6 Å². The Bertz CT molecular complexity index is 1760. The van der Waals surface area contributed by atoms with Crippen molar-refractivity contribution in [3.8, 4) is 0 Å². The van der Waals surface area contributed by atoms with Crippen LogP contribution >= 0.6 is 15.6 Å². The Morgan fingerprint density at radius 1 is 0.308 bits per heavy atom. The monoisotopic (exact) mass is 1340 g/mol. The van der Waals surface area contributed by atoms with E-state index in [-0.39, 0.29) is 25.7 Å². The molecule has 0 aromatic heterocycles. The van der Waals surface area contributed by atoms with Crippen LogP contribution in [0.1, 0.15) is 375 Å². The molecule has 3 unspecified atom stereocenters. The average molecular weight is 1340 g/mol. The summed E-state index contributed by atoms with van der Waals surface area (Å²) in [5.74, 6) is -1.40. The lowest BCUT2D eigenvalue weighted by Gasteiger charge is -2.21. The van der Waals surface area contributed by atoms with E-state index in [1.807, 2.05) is 0 Å². The molecule has 0 aliphatic carbocycles. The highest BCUT2D eigenvalue weighted by Crippen LogP contribution is 2.45. The van der Waals surface area contributed by atoms with Crippen LogP contribution < -0.4 is 0 Å². The highest BCUT2D eigenvalue weighted by Gasteiger charge is 2.30. The molecule has 0 aliphatic rings. The zero-order valence-electron chi connectivity index (χ0n) is 59.0. The lowest BCUT2D eigenvalue weighted by Crippen LogP contribution is -2.30. The number of hydrogen-bond acceptors (Lipinski definition) is 15. The third-order valence-electron chi connectivity index (χ3n) is 17.1. The number of rotatable bonds is 72. The van der Waals surface area contributed by atoms with Crippen LogP contribution in [0.25, 0.3) is 0 Å². The number of aliphatic hydroxyl groups is 1. The van der Waals surface area contributed by atoms with Gasteiger partial charge in [-0.2, -0.15) is 0 Å². The number of phosphoric acid groups is 2. The number of ether oxygens (including phenoxy) is 4. The summed E-state index contributed by atoms with van der Waals surface area (Å²) in [6, 6.07) is 0. The standard InChI is InChI=1S/C72H140O17P2/c1-6-10-13-16-19-22-24-26-28-29-30-31-33-35-38-41-47-52-57-71(76)88-67(61-83-70(75)56-51-46-40-37-34-32-27-25-23-20-17-14-11-7-2)63-86-90(78,79)84-59-66(73)60-85-91(80,81)87-64-68(62-82-69(74)55-50-45-39-36-21-18-15-12-8-3)89-72(77)58-53-48-43-42-44-49-54-65(5)9-4/h65-68,73H,6-64H2,1-5H3,(H,78,79)(H,80,81)/t65?,66-,67-,68-/m1/s1. The van der Waals surface area contributed by atoms with Gasteiger partial charge in [0, 0.05) is 25.7 Å². The molecule has 540 valence electrons. The van der Waals surface area contributed by atoms with E-state index in [1.165, 1.54) is 199 Å². The van der Waals surface area contributed by atoms with Gasteiger partial charge in [0.15, 0.2) is 12.2 Å². The van der Waals surface area contributed by atoms with E-state index < -0.39 is 97.5 Å². The van der Waals surface area contributed by atoms with Gasteiger partial charge < -0.3 is 33.8 Å². The normalized spacial score (nSPS) is 14.3. The molecule has 0 heterocycles. The Balaban J connectivity index is 5.21. The summed E-state index contributed by atoms with van der Waals surface area (Å²) in [5.41, 5.74) is 0. The largest absolute Gasteiger partial charge is 0.472 e. The Morgan fingerprint density at radius 2 is 0.527 bits per heavy atom. The second kappa shape index (κ2) is 65.4. The van der Waals surface area contributed by atoms with Gasteiger partial charge in [-0.25, -0.2) is 9.13 Å². The SMILES string of the molecule is CCCCCCCCCCCCCCCCCCCCC(=O)O[C@H](COC(=O)CCCCCCCCCCCCCCCC)COP(=O)(O)OC[C@@H](O)COP(=O)(O)OC[C@@H](COC(=O)CCCCCCCCCCC)OC(=O)CCCCCCCCC(C)CC. The molecule has 0 bridgehead atoms. The Labute approximate surface area is 556 Å². The van der Waals surface area contributed by atoms with Gasteiger partial charge in [-0.15, -0.1) is 0 Å². The maximum atomic E-state index is 13.0. The molecule has 0 amide bonds. The maximum Gasteiger partial charge on any atom is 0.472 e. The van der Waals surface area contributed by atoms with Crippen molar-refractivity contribution in [2.24, 2.45) is 5.92 Å². The van der Waals surface area contributed by atoms with E-state index in [1.54, 1.807) is 0 Å².